The van der Waals surface area contributed by atoms with Gasteiger partial charge in [0.2, 0.25) is 5.79 Å². The number of fused-ring (bicyclic) bond motifs is 1. The van der Waals surface area contributed by atoms with Crippen molar-refractivity contribution in [2.45, 2.75) is 63.3 Å². The maximum absolute atomic E-state index is 12.6. The van der Waals surface area contributed by atoms with Gasteiger partial charge in [0.1, 0.15) is 12.3 Å². The Morgan fingerprint density at radius 3 is 2.45 bits per heavy atom. The highest BCUT2D eigenvalue weighted by molar-refractivity contribution is 5.65. The van der Waals surface area contributed by atoms with Crippen LogP contribution in [0.4, 0.5) is 13.2 Å². The van der Waals surface area contributed by atoms with Gasteiger partial charge in [-0.15, -0.1) is 0 Å². The molecule has 2 aromatic rings. The lowest BCUT2D eigenvalue weighted by atomic mass is 9.89. The van der Waals surface area contributed by atoms with E-state index in [1.165, 1.54) is 37.6 Å². The highest BCUT2D eigenvalue weighted by atomic mass is 19.4. The minimum atomic E-state index is -4.43. The van der Waals surface area contributed by atoms with Gasteiger partial charge in [0.25, 0.3) is 5.56 Å². The molecule has 0 N–H and O–H groups in total. The van der Waals surface area contributed by atoms with Crippen molar-refractivity contribution in [3.05, 3.63) is 52.4 Å². The van der Waals surface area contributed by atoms with E-state index in [9.17, 15) is 18.0 Å². The predicted molar refractivity (Wildman–Crippen MR) is 109 cm³/mol. The summed E-state index contributed by atoms with van der Waals surface area (Å²) in [6, 6.07) is 9.07. The number of alkyl halides is 3. The Balaban J connectivity index is 1.30. The Bertz CT molecular complexity index is 1020. The molecule has 8 heteroatoms. The van der Waals surface area contributed by atoms with Gasteiger partial charge >= 0.3 is 6.18 Å². The molecule has 31 heavy (non-hydrogen) atoms. The smallest absolute Gasteiger partial charge is 0.406 e. The van der Waals surface area contributed by atoms with E-state index in [4.69, 9.17) is 9.47 Å². The van der Waals surface area contributed by atoms with Gasteiger partial charge in [0.15, 0.2) is 0 Å². The Labute approximate surface area is 178 Å². The van der Waals surface area contributed by atoms with Crippen LogP contribution in [0.25, 0.3) is 11.1 Å². The zero-order valence-electron chi connectivity index (χ0n) is 17.2. The van der Waals surface area contributed by atoms with E-state index >= 15 is 0 Å². The number of nitrogens with zero attached hydrogens (tertiary/aromatic N) is 2. The number of benzene rings is 1. The first-order valence-corrected chi connectivity index (χ1v) is 10.8. The van der Waals surface area contributed by atoms with Crippen molar-refractivity contribution in [1.29, 1.82) is 0 Å². The Hall–Kier alpha value is -2.32. The lowest BCUT2D eigenvalue weighted by Crippen LogP contribution is -2.54. The first-order valence-electron chi connectivity index (χ1n) is 10.8. The summed E-state index contributed by atoms with van der Waals surface area (Å²) < 4.78 is 50.8. The van der Waals surface area contributed by atoms with Gasteiger partial charge in [0.05, 0.1) is 6.61 Å². The van der Waals surface area contributed by atoms with Crippen molar-refractivity contribution in [3.8, 4) is 16.9 Å². The first kappa shape index (κ1) is 20.6. The molecule has 0 radical (unpaired) electrons. The van der Waals surface area contributed by atoms with Gasteiger partial charge in [0, 0.05) is 49.8 Å². The normalized spacial score (nSPS) is 21.4. The quantitative estimate of drug-likeness (QED) is 0.721. The van der Waals surface area contributed by atoms with E-state index in [0.29, 0.717) is 16.7 Å². The molecule has 1 saturated carbocycles. The molecule has 0 bridgehead atoms. The number of rotatable bonds is 3. The van der Waals surface area contributed by atoms with Gasteiger partial charge in [-0.05, 0) is 42.2 Å². The lowest BCUT2D eigenvalue weighted by Gasteiger charge is -2.47. The highest BCUT2D eigenvalue weighted by Gasteiger charge is 2.42. The minimum Gasteiger partial charge on any atom is -0.462 e. The average molecular weight is 434 g/mol. The molecule has 1 aromatic carbocycles. The van der Waals surface area contributed by atoms with Crippen LogP contribution in [0, 0.1) is 0 Å². The van der Waals surface area contributed by atoms with Crippen molar-refractivity contribution in [1.82, 2.24) is 9.47 Å². The molecule has 1 aliphatic carbocycles. The van der Waals surface area contributed by atoms with Crippen LogP contribution < -0.4 is 10.3 Å². The third-order valence-electron chi connectivity index (χ3n) is 6.68. The van der Waals surface area contributed by atoms with E-state index in [1.54, 1.807) is 0 Å². The minimum absolute atomic E-state index is 0.414. The topological polar surface area (TPSA) is 43.7 Å². The molecule has 0 unspecified atom stereocenters. The predicted octanol–water partition coefficient (Wildman–Crippen LogP) is 4.33. The van der Waals surface area contributed by atoms with Gasteiger partial charge < -0.3 is 14.0 Å². The zero-order chi connectivity index (χ0) is 21.6. The fourth-order valence-electron chi connectivity index (χ4n) is 4.65. The van der Waals surface area contributed by atoms with Crippen molar-refractivity contribution in [3.63, 3.8) is 0 Å². The summed E-state index contributed by atoms with van der Waals surface area (Å²) in [6.07, 6.45) is 2.33. The number of halogens is 3. The number of pyridine rings is 1. The molecule has 2 aliphatic heterocycles. The summed E-state index contributed by atoms with van der Waals surface area (Å²) >= 11 is 0. The highest BCUT2D eigenvalue weighted by Crippen LogP contribution is 2.40. The second-order valence-electron chi connectivity index (χ2n) is 8.74. The number of likely N-dealkylation sites (tertiary alicyclic amines) is 1. The van der Waals surface area contributed by atoms with Crippen LogP contribution in [0.2, 0.25) is 0 Å². The molecule has 1 aromatic heterocycles. The lowest BCUT2D eigenvalue weighted by molar-refractivity contribution is -0.231. The van der Waals surface area contributed by atoms with Crippen LogP contribution in [0.15, 0.2) is 41.3 Å². The van der Waals surface area contributed by atoms with Crippen LogP contribution in [-0.4, -0.2) is 40.6 Å². The van der Waals surface area contributed by atoms with E-state index in [0.717, 1.165) is 48.8 Å². The van der Waals surface area contributed by atoms with Crippen LogP contribution in [0.5, 0.6) is 5.75 Å². The number of ether oxygens (including phenoxy) is 2. The third-order valence-corrected chi connectivity index (χ3v) is 6.68. The maximum atomic E-state index is 12.6. The second-order valence-corrected chi connectivity index (χ2v) is 8.74. The fourth-order valence-corrected chi connectivity index (χ4v) is 4.65. The second kappa shape index (κ2) is 7.67. The number of piperidine rings is 1. The molecule has 166 valence electrons. The van der Waals surface area contributed by atoms with Gasteiger partial charge in [-0.3, -0.25) is 9.69 Å². The standard InChI is InChI=1S/C23H25F3N2O3/c24-23(25,26)15-28-9-6-17(13-21(28)29)16-4-5-20-18(12-16)14-30-22(31-20)7-10-27(11-8-22)19-2-1-3-19/h4-6,9,12-13,19H,1-3,7-8,10-11,14-15H2. The molecule has 0 atom stereocenters. The van der Waals surface area contributed by atoms with Crippen molar-refractivity contribution < 1.29 is 22.6 Å². The molecule has 3 aliphatic rings. The molecule has 1 saturated heterocycles. The molecule has 0 amide bonds. The van der Waals surface area contributed by atoms with Crippen LogP contribution >= 0.6 is 0 Å². The van der Waals surface area contributed by atoms with Crippen LogP contribution in [0.1, 0.15) is 37.7 Å². The van der Waals surface area contributed by atoms with E-state index in [-0.39, 0.29) is 0 Å². The SMILES string of the molecule is O=c1cc(-c2ccc3c(c2)COC2(CCN(C4CCC4)CC2)O3)ccn1CC(F)(F)F. The summed E-state index contributed by atoms with van der Waals surface area (Å²) in [7, 11) is 0. The van der Waals surface area contributed by atoms with Gasteiger partial charge in [-0.25, -0.2) is 0 Å². The van der Waals surface area contributed by atoms with Gasteiger partial charge in [-0.2, -0.15) is 13.2 Å². The monoisotopic (exact) mass is 434 g/mol. The number of hydrogen-bond donors (Lipinski definition) is 0. The van der Waals surface area contributed by atoms with Crippen LogP contribution in [-0.2, 0) is 17.9 Å². The van der Waals surface area contributed by atoms with E-state index in [1.807, 2.05) is 18.2 Å². The third kappa shape index (κ3) is 4.23. The molecular weight excluding hydrogens is 409 g/mol. The van der Waals surface area contributed by atoms with Gasteiger partial charge in [-0.1, -0.05) is 12.5 Å². The van der Waals surface area contributed by atoms with E-state index < -0.39 is 24.1 Å². The summed E-state index contributed by atoms with van der Waals surface area (Å²) in [5.74, 6) is 0.199. The summed E-state index contributed by atoms with van der Waals surface area (Å²) in [5.41, 5.74) is 1.51. The largest absolute Gasteiger partial charge is 0.462 e. The van der Waals surface area contributed by atoms with Crippen LogP contribution in [0.3, 0.4) is 0 Å². The molecule has 5 nitrogen and oxygen atoms in total. The molecule has 2 fully saturated rings. The maximum Gasteiger partial charge on any atom is 0.406 e. The molecule has 3 heterocycles. The molecular formula is C23H25F3N2O3. The average Bonchev–Trinajstić information content (AvgIpc) is 2.69. The van der Waals surface area contributed by atoms with Crippen molar-refractivity contribution in [2.75, 3.05) is 13.1 Å². The Kier molecular flexibility index (Phi) is 5.09. The first-order chi connectivity index (χ1) is 14.8. The van der Waals surface area contributed by atoms with Crippen molar-refractivity contribution >= 4 is 0 Å². The zero-order valence-corrected chi connectivity index (χ0v) is 17.2. The number of hydrogen-bond acceptors (Lipinski definition) is 4. The molecule has 1 spiro atoms. The summed E-state index contributed by atoms with van der Waals surface area (Å²) in [4.78, 5) is 14.6. The fraction of sp³-hybridized carbons (Fsp3) is 0.522. The summed E-state index contributed by atoms with van der Waals surface area (Å²) in [6.45, 7) is 1.08. The molecule has 5 rings (SSSR count). The Morgan fingerprint density at radius 2 is 1.81 bits per heavy atom. The van der Waals surface area contributed by atoms with Crippen molar-refractivity contribution in [2.24, 2.45) is 0 Å². The number of aromatic nitrogens is 1. The Morgan fingerprint density at radius 1 is 1.06 bits per heavy atom. The van der Waals surface area contributed by atoms with E-state index in [2.05, 4.69) is 4.90 Å². The summed E-state index contributed by atoms with van der Waals surface area (Å²) in [5, 5.41) is 0.